The molecule has 0 aromatic heterocycles. The average molecular weight is 282 g/mol. The largest absolute Gasteiger partial charge is 0.393 e. The van der Waals surface area contributed by atoms with E-state index in [2.05, 4.69) is 55.4 Å². The summed E-state index contributed by atoms with van der Waals surface area (Å²) < 4.78 is 5.03. The SMILES string of the molecule is CCC(C)C(C)(C)C1C(=O)OC(=O)C1C(C)(C)C(C)C. The molecule has 1 fully saturated rings. The normalized spacial score (nSPS) is 26.1. The molecule has 0 N–H and O–H groups in total. The van der Waals surface area contributed by atoms with Gasteiger partial charge in [0.2, 0.25) is 0 Å². The van der Waals surface area contributed by atoms with E-state index in [0.717, 1.165) is 6.42 Å². The van der Waals surface area contributed by atoms with Gasteiger partial charge in [-0.1, -0.05) is 61.8 Å². The van der Waals surface area contributed by atoms with Crippen molar-refractivity contribution in [3.63, 3.8) is 0 Å². The lowest BCUT2D eigenvalue weighted by Crippen LogP contribution is -2.45. The number of esters is 2. The molecular weight excluding hydrogens is 252 g/mol. The van der Waals surface area contributed by atoms with Gasteiger partial charge in [0, 0.05) is 0 Å². The van der Waals surface area contributed by atoms with Crippen molar-refractivity contribution < 1.29 is 14.3 Å². The predicted octanol–water partition coefficient (Wildman–Crippen LogP) is 4.06. The Morgan fingerprint density at radius 1 is 0.950 bits per heavy atom. The zero-order valence-corrected chi connectivity index (χ0v) is 14.2. The molecule has 1 heterocycles. The van der Waals surface area contributed by atoms with Gasteiger partial charge in [-0.2, -0.15) is 0 Å². The molecule has 20 heavy (non-hydrogen) atoms. The van der Waals surface area contributed by atoms with Crippen LogP contribution in [0.4, 0.5) is 0 Å². The fourth-order valence-electron chi connectivity index (χ4n) is 3.16. The van der Waals surface area contributed by atoms with Gasteiger partial charge in [0.15, 0.2) is 0 Å². The van der Waals surface area contributed by atoms with Gasteiger partial charge < -0.3 is 4.74 Å². The third-order valence-electron chi connectivity index (χ3n) is 6.02. The molecule has 0 aliphatic carbocycles. The van der Waals surface area contributed by atoms with E-state index in [0.29, 0.717) is 11.8 Å². The van der Waals surface area contributed by atoms with Gasteiger partial charge in [0.1, 0.15) is 0 Å². The highest BCUT2D eigenvalue weighted by Crippen LogP contribution is 2.52. The van der Waals surface area contributed by atoms with Crippen molar-refractivity contribution in [3.05, 3.63) is 0 Å². The Kier molecular flexibility index (Phi) is 4.72. The minimum atomic E-state index is -0.348. The fraction of sp³-hybridized carbons (Fsp3) is 0.882. The second kappa shape index (κ2) is 5.50. The molecule has 1 aliphatic heterocycles. The maximum atomic E-state index is 12.3. The van der Waals surface area contributed by atoms with Crippen LogP contribution in [0.5, 0.6) is 0 Å². The minimum Gasteiger partial charge on any atom is -0.393 e. The molecule has 3 nitrogen and oxygen atoms in total. The summed E-state index contributed by atoms with van der Waals surface area (Å²) in [7, 11) is 0. The molecular formula is C17H30O3. The molecule has 0 aromatic carbocycles. The van der Waals surface area contributed by atoms with Crippen LogP contribution < -0.4 is 0 Å². The first-order valence-electron chi connectivity index (χ1n) is 7.73. The van der Waals surface area contributed by atoms with Crippen LogP contribution in [0.25, 0.3) is 0 Å². The number of hydrogen-bond acceptors (Lipinski definition) is 3. The van der Waals surface area contributed by atoms with Crippen LogP contribution in [0.2, 0.25) is 0 Å². The van der Waals surface area contributed by atoms with Crippen molar-refractivity contribution in [2.45, 2.75) is 61.8 Å². The Labute approximate surface area is 123 Å². The molecule has 0 aromatic rings. The van der Waals surface area contributed by atoms with E-state index in [4.69, 9.17) is 4.74 Å². The van der Waals surface area contributed by atoms with Crippen LogP contribution in [-0.2, 0) is 14.3 Å². The smallest absolute Gasteiger partial charge is 0.318 e. The van der Waals surface area contributed by atoms with Gasteiger partial charge in [-0.3, -0.25) is 9.59 Å². The number of ether oxygens (including phenoxy) is 1. The summed E-state index contributed by atoms with van der Waals surface area (Å²) in [5.74, 6) is -0.701. The first-order chi connectivity index (χ1) is 8.97. The van der Waals surface area contributed by atoms with Gasteiger partial charge in [0.25, 0.3) is 0 Å². The van der Waals surface area contributed by atoms with Crippen LogP contribution in [0.3, 0.4) is 0 Å². The average Bonchev–Trinajstić information content (AvgIpc) is 2.63. The Morgan fingerprint density at radius 2 is 1.35 bits per heavy atom. The van der Waals surface area contributed by atoms with Gasteiger partial charge in [-0.15, -0.1) is 0 Å². The Bertz CT molecular complexity index is 393. The highest BCUT2D eigenvalue weighted by molar-refractivity contribution is 5.97. The van der Waals surface area contributed by atoms with Crippen molar-refractivity contribution in [3.8, 4) is 0 Å². The standard InChI is InChI=1S/C17H30O3/c1-9-11(4)17(7,8)13-12(14(18)20-15(13)19)16(5,6)10(2)3/h10-13H,9H2,1-8H3. The molecule has 0 radical (unpaired) electrons. The zero-order valence-electron chi connectivity index (χ0n) is 14.2. The molecule has 1 saturated heterocycles. The van der Waals surface area contributed by atoms with Crippen molar-refractivity contribution >= 4 is 11.9 Å². The van der Waals surface area contributed by atoms with Crippen LogP contribution in [0, 0.1) is 34.5 Å². The molecule has 3 heteroatoms. The number of carbonyl (C=O) groups excluding carboxylic acids is 2. The fourth-order valence-corrected chi connectivity index (χ4v) is 3.16. The highest BCUT2D eigenvalue weighted by atomic mass is 16.6. The topological polar surface area (TPSA) is 43.4 Å². The van der Waals surface area contributed by atoms with E-state index in [9.17, 15) is 9.59 Å². The first-order valence-corrected chi connectivity index (χ1v) is 7.73. The number of cyclic esters (lactones) is 2. The summed E-state index contributed by atoms with van der Waals surface area (Å²) in [4.78, 5) is 24.5. The van der Waals surface area contributed by atoms with Crippen molar-refractivity contribution in [1.29, 1.82) is 0 Å². The van der Waals surface area contributed by atoms with Gasteiger partial charge in [0.05, 0.1) is 11.8 Å². The lowest BCUT2D eigenvalue weighted by molar-refractivity contribution is -0.155. The third kappa shape index (κ3) is 2.64. The Morgan fingerprint density at radius 3 is 1.70 bits per heavy atom. The van der Waals surface area contributed by atoms with E-state index in [1.807, 2.05) is 0 Å². The summed E-state index contributed by atoms with van der Waals surface area (Å²) in [6.07, 6.45) is 0.986. The van der Waals surface area contributed by atoms with E-state index in [1.165, 1.54) is 0 Å². The molecule has 1 rings (SSSR count). The molecule has 0 bridgehead atoms. The molecule has 3 atom stereocenters. The number of rotatable bonds is 5. The maximum Gasteiger partial charge on any atom is 0.318 e. The van der Waals surface area contributed by atoms with E-state index < -0.39 is 0 Å². The zero-order chi connectivity index (χ0) is 15.9. The molecule has 116 valence electrons. The highest BCUT2D eigenvalue weighted by Gasteiger charge is 2.58. The predicted molar refractivity (Wildman–Crippen MR) is 79.9 cm³/mol. The molecule has 1 aliphatic rings. The summed E-state index contributed by atoms with van der Waals surface area (Å²) in [6, 6.07) is 0. The lowest BCUT2D eigenvalue weighted by atomic mass is 9.57. The maximum absolute atomic E-state index is 12.3. The molecule has 0 spiro atoms. The second-order valence-electron chi connectivity index (χ2n) is 7.80. The Balaban J connectivity index is 3.27. The summed E-state index contributed by atoms with van der Waals surface area (Å²) >= 11 is 0. The first kappa shape index (κ1) is 17.2. The van der Waals surface area contributed by atoms with E-state index in [-0.39, 0.29) is 34.6 Å². The lowest BCUT2D eigenvalue weighted by Gasteiger charge is -2.43. The monoisotopic (exact) mass is 282 g/mol. The second-order valence-corrected chi connectivity index (χ2v) is 7.80. The van der Waals surface area contributed by atoms with E-state index in [1.54, 1.807) is 0 Å². The number of carbonyl (C=O) groups is 2. The summed E-state index contributed by atoms with van der Waals surface area (Å²) in [6.45, 7) is 16.8. The van der Waals surface area contributed by atoms with Crippen LogP contribution >= 0.6 is 0 Å². The van der Waals surface area contributed by atoms with Gasteiger partial charge in [-0.25, -0.2) is 0 Å². The summed E-state index contributed by atoms with van der Waals surface area (Å²) in [5.41, 5.74) is -0.493. The van der Waals surface area contributed by atoms with Crippen LogP contribution in [0.15, 0.2) is 0 Å². The number of hydrogen-bond donors (Lipinski definition) is 0. The Hall–Kier alpha value is -0.860. The molecule has 0 amide bonds. The minimum absolute atomic E-state index is 0.241. The molecule has 3 unspecified atom stereocenters. The third-order valence-corrected chi connectivity index (χ3v) is 6.02. The van der Waals surface area contributed by atoms with Crippen LogP contribution in [0.1, 0.15) is 61.8 Å². The summed E-state index contributed by atoms with van der Waals surface area (Å²) in [5, 5.41) is 0. The van der Waals surface area contributed by atoms with Crippen molar-refractivity contribution in [2.75, 3.05) is 0 Å². The van der Waals surface area contributed by atoms with Crippen molar-refractivity contribution in [1.82, 2.24) is 0 Å². The van der Waals surface area contributed by atoms with Crippen LogP contribution in [-0.4, -0.2) is 11.9 Å². The van der Waals surface area contributed by atoms with Gasteiger partial charge in [-0.05, 0) is 22.7 Å². The van der Waals surface area contributed by atoms with Crippen molar-refractivity contribution in [2.24, 2.45) is 34.5 Å². The van der Waals surface area contributed by atoms with Gasteiger partial charge >= 0.3 is 11.9 Å². The van der Waals surface area contributed by atoms with E-state index >= 15 is 0 Å². The quantitative estimate of drug-likeness (QED) is 0.564. The molecule has 0 saturated carbocycles.